The molecule has 0 unspecified atom stereocenters. The van der Waals surface area contributed by atoms with Crippen LogP contribution in [0.25, 0.3) is 10.9 Å². The average molecular weight is 363 g/mol. The van der Waals surface area contributed by atoms with Crippen LogP contribution in [0.1, 0.15) is 36.2 Å². The van der Waals surface area contributed by atoms with Crippen molar-refractivity contribution in [1.82, 2.24) is 9.88 Å². The lowest BCUT2D eigenvalue weighted by Crippen LogP contribution is -2.67. The van der Waals surface area contributed by atoms with E-state index in [0.717, 1.165) is 18.9 Å². The molecule has 1 saturated heterocycles. The fraction of sp³-hybridized carbons (Fsp3) is 0.444. The van der Waals surface area contributed by atoms with E-state index in [1.165, 1.54) is 10.8 Å². The Morgan fingerprint density at radius 2 is 2.00 bits per heavy atom. The molecule has 2 aromatic rings. The lowest BCUT2D eigenvalue weighted by atomic mass is 9.91. The molecule has 138 valence electrons. The van der Waals surface area contributed by atoms with Gasteiger partial charge in [0.05, 0.1) is 16.4 Å². The summed E-state index contributed by atoms with van der Waals surface area (Å²) in [5.74, 6) is -3.06. The largest absolute Gasteiger partial charge is 0.477 e. The highest BCUT2D eigenvalue weighted by molar-refractivity contribution is 5.94. The van der Waals surface area contributed by atoms with Crippen LogP contribution in [0.2, 0.25) is 0 Å². The summed E-state index contributed by atoms with van der Waals surface area (Å²) in [5, 5.41) is 12.1. The number of fused-ring (bicyclic) bond motifs is 1. The van der Waals surface area contributed by atoms with Gasteiger partial charge in [-0.05, 0) is 32.9 Å². The first-order valence-corrected chi connectivity index (χ1v) is 8.50. The van der Waals surface area contributed by atoms with Crippen LogP contribution < -0.4 is 15.6 Å². The maximum atomic E-state index is 15.3. The van der Waals surface area contributed by atoms with E-state index >= 15 is 4.39 Å². The lowest BCUT2D eigenvalue weighted by Gasteiger charge is -2.49. The van der Waals surface area contributed by atoms with E-state index in [2.05, 4.69) is 5.32 Å². The molecule has 6 nitrogen and oxygen atoms in total. The minimum atomic E-state index is -1.40. The molecule has 2 fully saturated rings. The van der Waals surface area contributed by atoms with Crippen LogP contribution in [-0.4, -0.2) is 41.3 Å². The highest BCUT2D eigenvalue weighted by Crippen LogP contribution is 2.40. The highest BCUT2D eigenvalue weighted by Gasteiger charge is 2.40. The van der Waals surface area contributed by atoms with Gasteiger partial charge < -0.3 is 19.9 Å². The third kappa shape index (κ3) is 2.39. The number of aromatic carboxylic acids is 1. The first-order valence-electron chi connectivity index (χ1n) is 8.50. The van der Waals surface area contributed by atoms with Crippen LogP contribution in [-0.2, 0) is 0 Å². The van der Waals surface area contributed by atoms with Gasteiger partial charge in [-0.3, -0.25) is 4.79 Å². The van der Waals surface area contributed by atoms with Crippen LogP contribution in [0.4, 0.5) is 14.5 Å². The third-order valence-corrected chi connectivity index (χ3v) is 5.35. The van der Waals surface area contributed by atoms with Gasteiger partial charge in [-0.1, -0.05) is 0 Å². The summed E-state index contributed by atoms with van der Waals surface area (Å²) in [6.07, 6.45) is 2.72. The summed E-state index contributed by atoms with van der Waals surface area (Å²) in [6.45, 7) is 2.83. The van der Waals surface area contributed by atoms with Crippen molar-refractivity contribution >= 4 is 22.6 Å². The number of carbonyl (C=O) groups is 1. The molecule has 1 aromatic carbocycles. The monoisotopic (exact) mass is 363 g/mol. The molecule has 0 radical (unpaired) electrons. The number of anilines is 1. The zero-order valence-corrected chi connectivity index (χ0v) is 14.5. The molecule has 0 bridgehead atoms. The van der Waals surface area contributed by atoms with Gasteiger partial charge in [0.25, 0.3) is 0 Å². The van der Waals surface area contributed by atoms with Crippen molar-refractivity contribution < 1.29 is 18.7 Å². The fourth-order valence-corrected chi connectivity index (χ4v) is 3.63. The number of nitrogens with one attached hydrogen (secondary N) is 1. The number of benzene rings is 1. The van der Waals surface area contributed by atoms with Gasteiger partial charge in [-0.2, -0.15) is 0 Å². The average Bonchev–Trinajstić information content (AvgIpc) is 3.38. The molecular formula is C18H19F2N3O3. The molecule has 2 aliphatic rings. The minimum Gasteiger partial charge on any atom is -0.477 e. The molecule has 8 heteroatoms. The van der Waals surface area contributed by atoms with Gasteiger partial charge in [0, 0.05) is 25.3 Å². The van der Waals surface area contributed by atoms with E-state index in [1.54, 1.807) is 11.9 Å². The number of likely N-dealkylation sites (N-methyl/N-ethyl adjacent to an activating group) is 1. The van der Waals surface area contributed by atoms with Crippen molar-refractivity contribution in [2.24, 2.45) is 0 Å². The molecule has 1 saturated carbocycles. The Morgan fingerprint density at radius 3 is 2.54 bits per heavy atom. The maximum Gasteiger partial charge on any atom is 0.341 e. The van der Waals surface area contributed by atoms with E-state index in [0.29, 0.717) is 13.1 Å². The Labute approximate surface area is 148 Å². The summed E-state index contributed by atoms with van der Waals surface area (Å²) in [4.78, 5) is 25.4. The molecule has 2 heterocycles. The number of nitrogens with zero attached hydrogens (tertiary/aromatic N) is 2. The molecule has 26 heavy (non-hydrogen) atoms. The number of pyridine rings is 1. The summed E-state index contributed by atoms with van der Waals surface area (Å²) in [5.41, 5.74) is -1.74. The molecule has 1 aromatic heterocycles. The number of hydrogen-bond donors (Lipinski definition) is 2. The minimum absolute atomic E-state index is 0.0167. The van der Waals surface area contributed by atoms with Crippen molar-refractivity contribution in [2.45, 2.75) is 31.3 Å². The summed E-state index contributed by atoms with van der Waals surface area (Å²) in [6, 6.07) is 0.902. The second kappa shape index (κ2) is 5.51. The Hall–Kier alpha value is -2.48. The Morgan fingerprint density at radius 1 is 1.35 bits per heavy atom. The second-order valence-corrected chi connectivity index (χ2v) is 7.40. The Bertz CT molecular complexity index is 992. The van der Waals surface area contributed by atoms with Crippen LogP contribution >= 0.6 is 0 Å². The smallest absolute Gasteiger partial charge is 0.341 e. The van der Waals surface area contributed by atoms with Crippen LogP contribution in [0.5, 0.6) is 0 Å². The zero-order valence-electron chi connectivity index (χ0n) is 14.5. The number of aromatic nitrogens is 1. The number of carboxylic acid groups (broad SMARTS) is 1. The zero-order chi connectivity index (χ0) is 18.8. The topological polar surface area (TPSA) is 74.6 Å². The molecular weight excluding hydrogens is 344 g/mol. The first-order chi connectivity index (χ1) is 12.3. The number of halogens is 2. The maximum absolute atomic E-state index is 15.3. The normalized spacial score (nSPS) is 18.8. The second-order valence-electron chi connectivity index (χ2n) is 7.40. The molecule has 0 spiro atoms. The molecule has 2 N–H and O–H groups in total. The Balaban J connectivity index is 1.95. The van der Waals surface area contributed by atoms with Crippen molar-refractivity contribution in [3.63, 3.8) is 0 Å². The number of carboxylic acids is 1. The summed E-state index contributed by atoms with van der Waals surface area (Å²) >= 11 is 0. The van der Waals surface area contributed by atoms with E-state index in [-0.39, 0.29) is 28.2 Å². The van der Waals surface area contributed by atoms with E-state index < -0.39 is 28.6 Å². The van der Waals surface area contributed by atoms with Gasteiger partial charge in [0.1, 0.15) is 17.1 Å². The predicted octanol–water partition coefficient (Wildman–Crippen LogP) is 2.11. The highest BCUT2D eigenvalue weighted by atomic mass is 19.1. The van der Waals surface area contributed by atoms with Gasteiger partial charge in [0.15, 0.2) is 5.82 Å². The number of hydrogen-bond acceptors (Lipinski definition) is 4. The van der Waals surface area contributed by atoms with Crippen LogP contribution in [0.15, 0.2) is 17.1 Å². The van der Waals surface area contributed by atoms with E-state index in [9.17, 15) is 19.1 Å². The standard InChI is InChI=1S/C18H19F2N3O3/c1-18(21-2)7-22(8-18)15-12(19)5-10-14(13(15)20)23(9-3-4-9)6-11(16(10)24)17(25)26/h5-6,9,21H,3-4,7-8H2,1-2H3,(H,25,26). The number of rotatable bonds is 4. The van der Waals surface area contributed by atoms with Gasteiger partial charge in [-0.25, -0.2) is 13.6 Å². The van der Waals surface area contributed by atoms with Crippen LogP contribution in [0, 0.1) is 11.6 Å². The van der Waals surface area contributed by atoms with Crippen molar-refractivity contribution in [1.29, 1.82) is 0 Å². The molecule has 1 aliphatic heterocycles. The molecule has 1 aliphatic carbocycles. The third-order valence-electron chi connectivity index (χ3n) is 5.35. The summed E-state index contributed by atoms with van der Waals surface area (Å²) in [7, 11) is 1.79. The SMILES string of the molecule is CNC1(C)CN(c2c(F)cc3c(=O)c(C(=O)O)cn(C4CC4)c3c2F)C1. The van der Waals surface area contributed by atoms with Crippen molar-refractivity contribution in [3.8, 4) is 0 Å². The Kier molecular flexibility index (Phi) is 3.59. The fourth-order valence-electron chi connectivity index (χ4n) is 3.63. The first kappa shape index (κ1) is 17.0. The predicted molar refractivity (Wildman–Crippen MR) is 93.0 cm³/mol. The van der Waals surface area contributed by atoms with Gasteiger partial charge in [0.2, 0.25) is 5.43 Å². The van der Waals surface area contributed by atoms with Gasteiger partial charge in [-0.15, -0.1) is 0 Å². The molecule has 0 atom stereocenters. The van der Waals surface area contributed by atoms with E-state index in [4.69, 9.17) is 0 Å². The lowest BCUT2D eigenvalue weighted by molar-refractivity contribution is 0.0694. The van der Waals surface area contributed by atoms with Crippen molar-refractivity contribution in [3.05, 3.63) is 39.7 Å². The quantitative estimate of drug-likeness (QED) is 0.870. The van der Waals surface area contributed by atoms with E-state index in [1.807, 2.05) is 6.92 Å². The van der Waals surface area contributed by atoms with Gasteiger partial charge >= 0.3 is 5.97 Å². The van der Waals surface area contributed by atoms with Crippen molar-refractivity contribution in [2.75, 3.05) is 25.0 Å². The van der Waals surface area contributed by atoms with Crippen LogP contribution in [0.3, 0.4) is 0 Å². The molecule has 0 amide bonds. The molecule has 4 rings (SSSR count). The summed E-state index contributed by atoms with van der Waals surface area (Å²) < 4.78 is 31.5.